The lowest BCUT2D eigenvalue weighted by Gasteiger charge is -2.25. The highest BCUT2D eigenvalue weighted by molar-refractivity contribution is 6.04. The summed E-state index contributed by atoms with van der Waals surface area (Å²) in [5.74, 6) is 0.892. The van der Waals surface area contributed by atoms with Crippen molar-refractivity contribution in [2.75, 3.05) is 53.3 Å². The molecule has 0 radical (unpaired) electrons. The van der Waals surface area contributed by atoms with E-state index in [2.05, 4.69) is 15.2 Å². The van der Waals surface area contributed by atoms with Gasteiger partial charge in [0.05, 0.1) is 26.9 Å². The average molecular weight is 335 g/mol. The Morgan fingerprint density at radius 3 is 2.88 bits per heavy atom. The van der Waals surface area contributed by atoms with Gasteiger partial charge in [0.2, 0.25) is 6.79 Å². The highest BCUT2D eigenvalue weighted by atomic mass is 16.7. The lowest BCUT2D eigenvalue weighted by atomic mass is 10.2. The fourth-order valence-corrected chi connectivity index (χ4v) is 2.48. The Balaban J connectivity index is 1.53. The SMILES string of the molecule is COC(=NCCN1CCOCC1)NC(=O)c1ccc2c(c1)OCO2. The van der Waals surface area contributed by atoms with Crippen molar-refractivity contribution in [2.24, 2.45) is 4.99 Å². The summed E-state index contributed by atoms with van der Waals surface area (Å²) < 4.78 is 21.0. The van der Waals surface area contributed by atoms with Crippen LogP contribution in [0.25, 0.3) is 0 Å². The molecule has 24 heavy (non-hydrogen) atoms. The number of hydrogen-bond donors (Lipinski definition) is 1. The average Bonchev–Trinajstić information content (AvgIpc) is 3.09. The monoisotopic (exact) mass is 335 g/mol. The summed E-state index contributed by atoms with van der Waals surface area (Å²) in [5.41, 5.74) is 0.456. The van der Waals surface area contributed by atoms with E-state index in [-0.39, 0.29) is 18.7 Å². The van der Waals surface area contributed by atoms with E-state index in [1.165, 1.54) is 7.11 Å². The number of ether oxygens (including phenoxy) is 4. The van der Waals surface area contributed by atoms with E-state index in [4.69, 9.17) is 18.9 Å². The molecular weight excluding hydrogens is 314 g/mol. The van der Waals surface area contributed by atoms with Gasteiger partial charge in [-0.3, -0.25) is 15.0 Å². The van der Waals surface area contributed by atoms with Gasteiger partial charge >= 0.3 is 0 Å². The maximum Gasteiger partial charge on any atom is 0.291 e. The number of amides is 1. The number of fused-ring (bicyclic) bond motifs is 1. The third-order valence-electron chi connectivity index (χ3n) is 3.82. The molecule has 2 aliphatic heterocycles. The van der Waals surface area contributed by atoms with Crippen LogP contribution in [0.3, 0.4) is 0 Å². The third kappa shape index (κ3) is 4.15. The van der Waals surface area contributed by atoms with E-state index < -0.39 is 0 Å². The molecule has 0 saturated carbocycles. The number of nitrogens with zero attached hydrogens (tertiary/aromatic N) is 2. The van der Waals surface area contributed by atoms with Crippen LogP contribution in [0.1, 0.15) is 10.4 Å². The number of hydrogen-bond acceptors (Lipinski definition) is 7. The van der Waals surface area contributed by atoms with Gasteiger partial charge in [-0.05, 0) is 18.2 Å². The Morgan fingerprint density at radius 2 is 2.08 bits per heavy atom. The highest BCUT2D eigenvalue weighted by Gasteiger charge is 2.17. The van der Waals surface area contributed by atoms with E-state index in [9.17, 15) is 4.79 Å². The largest absolute Gasteiger partial charge is 0.468 e. The highest BCUT2D eigenvalue weighted by Crippen LogP contribution is 2.32. The molecule has 2 heterocycles. The molecule has 1 aromatic carbocycles. The van der Waals surface area contributed by atoms with Crippen molar-refractivity contribution in [1.29, 1.82) is 0 Å². The number of morpholine rings is 1. The van der Waals surface area contributed by atoms with Crippen molar-refractivity contribution < 1.29 is 23.7 Å². The minimum atomic E-state index is -0.305. The number of aliphatic imine (C=N–C) groups is 1. The van der Waals surface area contributed by atoms with Crippen LogP contribution < -0.4 is 14.8 Å². The second-order valence-corrected chi connectivity index (χ2v) is 5.37. The van der Waals surface area contributed by atoms with E-state index >= 15 is 0 Å². The Morgan fingerprint density at radius 1 is 1.29 bits per heavy atom. The first kappa shape index (κ1) is 16.5. The normalized spacial score (nSPS) is 17.6. The maximum atomic E-state index is 12.3. The first-order chi connectivity index (χ1) is 11.8. The van der Waals surface area contributed by atoms with Crippen molar-refractivity contribution >= 4 is 11.9 Å². The lowest BCUT2D eigenvalue weighted by molar-refractivity contribution is 0.0394. The van der Waals surface area contributed by atoms with Gasteiger partial charge in [-0.15, -0.1) is 0 Å². The molecule has 1 saturated heterocycles. The Labute approximate surface area is 140 Å². The second-order valence-electron chi connectivity index (χ2n) is 5.37. The number of rotatable bonds is 4. The zero-order valence-electron chi connectivity index (χ0n) is 13.6. The first-order valence-electron chi connectivity index (χ1n) is 7.86. The van der Waals surface area contributed by atoms with Gasteiger partial charge in [0.1, 0.15) is 0 Å². The molecule has 3 rings (SSSR count). The number of benzene rings is 1. The van der Waals surface area contributed by atoms with Crippen LogP contribution in [-0.2, 0) is 9.47 Å². The Kier molecular flexibility index (Phi) is 5.50. The van der Waals surface area contributed by atoms with Gasteiger partial charge in [-0.25, -0.2) is 4.99 Å². The van der Waals surface area contributed by atoms with Crippen molar-refractivity contribution in [2.45, 2.75) is 0 Å². The Hall–Kier alpha value is -2.32. The van der Waals surface area contributed by atoms with Crippen LogP contribution >= 0.6 is 0 Å². The molecule has 1 fully saturated rings. The summed E-state index contributed by atoms with van der Waals surface area (Å²) >= 11 is 0. The summed E-state index contributed by atoms with van der Waals surface area (Å²) in [6, 6.07) is 5.22. The predicted octanol–water partition coefficient (Wildman–Crippen LogP) is 0.480. The zero-order chi connectivity index (χ0) is 16.8. The molecule has 0 aliphatic carbocycles. The summed E-state index contributed by atoms with van der Waals surface area (Å²) in [6.45, 7) is 4.83. The van der Waals surface area contributed by atoms with Crippen LogP contribution in [-0.4, -0.2) is 70.1 Å². The smallest absolute Gasteiger partial charge is 0.291 e. The molecular formula is C16H21N3O5. The number of nitrogens with one attached hydrogen (secondary N) is 1. The minimum absolute atomic E-state index is 0.173. The molecule has 1 amide bonds. The van der Waals surface area contributed by atoms with Gasteiger partial charge in [-0.1, -0.05) is 0 Å². The molecule has 8 nitrogen and oxygen atoms in total. The van der Waals surface area contributed by atoms with E-state index in [1.54, 1.807) is 18.2 Å². The molecule has 1 aromatic rings. The second kappa shape index (κ2) is 7.98. The van der Waals surface area contributed by atoms with Gasteiger partial charge in [0.15, 0.2) is 11.5 Å². The molecule has 1 N–H and O–H groups in total. The number of carbonyl (C=O) groups is 1. The molecule has 2 aliphatic rings. The van der Waals surface area contributed by atoms with Crippen molar-refractivity contribution in [3.05, 3.63) is 23.8 Å². The molecule has 130 valence electrons. The maximum absolute atomic E-state index is 12.3. The summed E-state index contributed by atoms with van der Waals surface area (Å²) in [7, 11) is 1.48. The van der Waals surface area contributed by atoms with Crippen LogP contribution in [0, 0.1) is 0 Å². The summed E-state index contributed by atoms with van der Waals surface area (Å²) in [4.78, 5) is 18.8. The first-order valence-corrected chi connectivity index (χ1v) is 7.86. The van der Waals surface area contributed by atoms with Gasteiger partial charge in [0.25, 0.3) is 11.9 Å². The van der Waals surface area contributed by atoms with E-state index in [0.717, 1.165) is 32.8 Å². The minimum Gasteiger partial charge on any atom is -0.468 e. The van der Waals surface area contributed by atoms with Crippen LogP contribution in [0.2, 0.25) is 0 Å². The van der Waals surface area contributed by atoms with Crippen LogP contribution in [0.5, 0.6) is 11.5 Å². The zero-order valence-corrected chi connectivity index (χ0v) is 13.6. The molecule has 0 aromatic heterocycles. The Bertz CT molecular complexity index is 614. The van der Waals surface area contributed by atoms with Gasteiger partial charge in [0, 0.05) is 25.2 Å². The molecule has 0 unspecified atom stereocenters. The number of methoxy groups -OCH3 is 1. The fraction of sp³-hybridized carbons (Fsp3) is 0.500. The number of carbonyl (C=O) groups excluding carboxylic acids is 1. The van der Waals surface area contributed by atoms with Gasteiger partial charge < -0.3 is 18.9 Å². The predicted molar refractivity (Wildman–Crippen MR) is 86.6 cm³/mol. The molecule has 0 bridgehead atoms. The standard InChI is InChI=1S/C16H21N3O5/c1-21-16(17-4-5-19-6-8-22-9-7-19)18-15(20)12-2-3-13-14(10-12)24-11-23-13/h2-3,10H,4-9,11H2,1H3,(H,17,18,20). The molecule has 8 heteroatoms. The summed E-state index contributed by atoms with van der Waals surface area (Å²) in [5, 5.41) is 2.66. The van der Waals surface area contributed by atoms with Crippen LogP contribution in [0.15, 0.2) is 23.2 Å². The summed E-state index contributed by atoms with van der Waals surface area (Å²) in [6.07, 6.45) is 0. The van der Waals surface area contributed by atoms with Gasteiger partial charge in [-0.2, -0.15) is 0 Å². The van der Waals surface area contributed by atoms with Crippen molar-refractivity contribution in [3.63, 3.8) is 0 Å². The molecule has 0 atom stereocenters. The third-order valence-corrected chi connectivity index (χ3v) is 3.82. The quantitative estimate of drug-likeness (QED) is 0.637. The lowest BCUT2D eigenvalue weighted by Crippen LogP contribution is -2.38. The number of amidine groups is 1. The molecule has 0 spiro atoms. The van der Waals surface area contributed by atoms with Crippen molar-refractivity contribution in [1.82, 2.24) is 10.2 Å². The van der Waals surface area contributed by atoms with E-state index in [0.29, 0.717) is 23.6 Å². The topological polar surface area (TPSA) is 81.6 Å². The van der Waals surface area contributed by atoms with Crippen LogP contribution in [0.4, 0.5) is 0 Å². The van der Waals surface area contributed by atoms with E-state index in [1.807, 2.05) is 0 Å². The van der Waals surface area contributed by atoms with Crippen molar-refractivity contribution in [3.8, 4) is 11.5 Å². The fourth-order valence-electron chi connectivity index (χ4n) is 2.48.